The molecule has 1 aliphatic carbocycles. The first-order valence-electron chi connectivity index (χ1n) is 10.9. The molecule has 0 spiro atoms. The van der Waals surface area contributed by atoms with Crippen molar-refractivity contribution >= 4 is 13.7 Å². The molecule has 4 aliphatic rings. The second-order valence-electron chi connectivity index (χ2n) is 8.31. The average Bonchev–Trinajstić information content (AvgIpc) is 3.41. The van der Waals surface area contributed by atoms with Gasteiger partial charge in [0.15, 0.2) is 18.5 Å². The van der Waals surface area contributed by atoms with Crippen molar-refractivity contribution in [3.05, 3.63) is 60.3 Å². The van der Waals surface area contributed by atoms with Crippen LogP contribution in [0.2, 0.25) is 0 Å². The minimum atomic E-state index is -1.49. The maximum atomic E-state index is 11.7. The zero-order chi connectivity index (χ0) is 22.9. The lowest BCUT2D eigenvalue weighted by Crippen LogP contribution is -2.49. The van der Waals surface area contributed by atoms with Gasteiger partial charge in [-0.2, -0.15) is 0 Å². The maximum absolute atomic E-state index is 11.7. The molecule has 0 aromatic carbocycles. The summed E-state index contributed by atoms with van der Waals surface area (Å²) in [6.45, 7) is 5.75. The van der Waals surface area contributed by atoms with E-state index in [0.717, 1.165) is 18.4 Å². The fourth-order valence-corrected chi connectivity index (χ4v) is 4.62. The molecular formula is C23H29BN2O6. The Morgan fingerprint density at radius 2 is 2.09 bits per heavy atom. The smallest absolute Gasteiger partial charge is 0.255 e. The van der Waals surface area contributed by atoms with Gasteiger partial charge in [0.1, 0.15) is 11.8 Å². The van der Waals surface area contributed by atoms with E-state index < -0.39 is 48.2 Å². The highest BCUT2D eigenvalue weighted by molar-refractivity contribution is 6.55. The predicted octanol–water partition coefficient (Wildman–Crippen LogP) is 2.21. The zero-order valence-electron chi connectivity index (χ0n) is 18.1. The molecule has 0 aromatic heterocycles. The molecule has 0 bridgehead atoms. The fourth-order valence-electron chi connectivity index (χ4n) is 4.62. The molecule has 3 aliphatic heterocycles. The van der Waals surface area contributed by atoms with Crippen molar-refractivity contribution in [2.75, 3.05) is 0 Å². The van der Waals surface area contributed by atoms with Gasteiger partial charge in [-0.3, -0.25) is 16.3 Å². The largest absolute Gasteiger partial charge is 0.465 e. The van der Waals surface area contributed by atoms with Gasteiger partial charge in [-0.25, -0.2) is 0 Å². The summed E-state index contributed by atoms with van der Waals surface area (Å²) >= 11 is 0. The minimum Gasteiger partial charge on any atom is -0.465 e. The fraction of sp³-hybridized carbons (Fsp3) is 0.522. The lowest BCUT2D eigenvalue weighted by molar-refractivity contribution is -0.225. The van der Waals surface area contributed by atoms with Crippen LogP contribution in [0.15, 0.2) is 60.3 Å². The molecule has 7 atom stereocenters. The van der Waals surface area contributed by atoms with Crippen LogP contribution in [0.4, 0.5) is 4.79 Å². The standard InChI is InChI=1S/C23H29BN2O6/c1-3-5-9-14(4-2)22(25)13-12-16(30-22)17-18(29-21(24)27)19-20(28-17)32-23(26,31-19)15-10-7-6-8-11-15/h3-5,7,9-11,16-20H,2,6,8,12-13,25-26H2,1H3/b5-3-,14-9+. The molecule has 0 saturated carbocycles. The summed E-state index contributed by atoms with van der Waals surface area (Å²) in [4.78, 5) is 11.7. The van der Waals surface area contributed by atoms with Crippen molar-refractivity contribution in [2.24, 2.45) is 11.5 Å². The van der Waals surface area contributed by atoms with Crippen LogP contribution in [0.5, 0.6) is 0 Å². The first-order chi connectivity index (χ1) is 15.3. The van der Waals surface area contributed by atoms with E-state index in [0.29, 0.717) is 18.4 Å². The Labute approximate surface area is 189 Å². The first kappa shape index (κ1) is 23.2. The van der Waals surface area contributed by atoms with Crippen LogP contribution in [-0.2, 0) is 23.7 Å². The Bertz CT molecular complexity index is 886. The van der Waals surface area contributed by atoms with Gasteiger partial charge in [-0.05, 0) is 38.2 Å². The third-order valence-corrected chi connectivity index (χ3v) is 6.16. The Morgan fingerprint density at radius 3 is 2.75 bits per heavy atom. The SMILES string of the molecule is [B]C(=O)OC1C(C2CCC(N)(/C(C=C)=C/C=C\C)O2)OC2OC(N)(C3=CCCC=C3)OC21. The van der Waals surface area contributed by atoms with E-state index in [9.17, 15) is 4.79 Å². The molecule has 9 heteroatoms. The van der Waals surface area contributed by atoms with Crippen molar-refractivity contribution < 1.29 is 28.5 Å². The van der Waals surface area contributed by atoms with E-state index in [-0.39, 0.29) is 0 Å². The summed E-state index contributed by atoms with van der Waals surface area (Å²) < 4.78 is 29.7. The molecule has 2 radical (unpaired) electrons. The first-order valence-corrected chi connectivity index (χ1v) is 10.9. The highest BCUT2D eigenvalue weighted by Gasteiger charge is 2.62. The molecule has 3 fully saturated rings. The van der Waals surface area contributed by atoms with E-state index in [1.165, 1.54) is 0 Å². The van der Waals surface area contributed by atoms with Gasteiger partial charge in [0.05, 0.1) is 6.10 Å². The van der Waals surface area contributed by atoms with Gasteiger partial charge in [-0.15, -0.1) is 0 Å². The zero-order valence-corrected chi connectivity index (χ0v) is 18.1. The van der Waals surface area contributed by atoms with Gasteiger partial charge in [0.2, 0.25) is 13.7 Å². The number of allylic oxidation sites excluding steroid dienone is 5. The Kier molecular flexibility index (Phi) is 6.58. The molecule has 4 N–H and O–H groups in total. The van der Waals surface area contributed by atoms with Gasteiger partial charge < -0.3 is 23.7 Å². The number of carbonyl (C=O) groups excluding carboxylic acids is 1. The van der Waals surface area contributed by atoms with Crippen LogP contribution in [0, 0.1) is 0 Å². The molecule has 8 nitrogen and oxygen atoms in total. The summed E-state index contributed by atoms with van der Waals surface area (Å²) in [5.41, 5.74) is 13.3. The summed E-state index contributed by atoms with van der Waals surface area (Å²) in [5, 5.41) is 0. The monoisotopic (exact) mass is 440 g/mol. The number of carbonyl (C=O) groups is 1. The molecule has 0 amide bonds. The van der Waals surface area contributed by atoms with Gasteiger partial charge in [0.25, 0.3) is 5.91 Å². The van der Waals surface area contributed by atoms with Gasteiger partial charge >= 0.3 is 0 Å². The molecule has 3 saturated heterocycles. The van der Waals surface area contributed by atoms with Crippen molar-refractivity contribution in [1.82, 2.24) is 0 Å². The third kappa shape index (κ3) is 4.29. The predicted molar refractivity (Wildman–Crippen MR) is 118 cm³/mol. The molecule has 7 unspecified atom stereocenters. The van der Waals surface area contributed by atoms with Crippen LogP contribution in [0.25, 0.3) is 0 Å². The van der Waals surface area contributed by atoms with Gasteiger partial charge in [-0.1, -0.05) is 49.1 Å². The topological polar surface area (TPSA) is 115 Å². The second kappa shape index (κ2) is 9.09. The van der Waals surface area contributed by atoms with E-state index in [1.807, 2.05) is 43.4 Å². The van der Waals surface area contributed by atoms with E-state index in [4.69, 9.17) is 43.0 Å². The minimum absolute atomic E-state index is 0.475. The highest BCUT2D eigenvalue weighted by atomic mass is 16.9. The summed E-state index contributed by atoms with van der Waals surface area (Å²) in [5.74, 6) is -2.44. The Hall–Kier alpha value is -2.01. The Morgan fingerprint density at radius 1 is 1.28 bits per heavy atom. The number of nitrogens with two attached hydrogens (primary N) is 2. The van der Waals surface area contributed by atoms with Crippen LogP contribution >= 0.6 is 0 Å². The average molecular weight is 440 g/mol. The highest BCUT2D eigenvalue weighted by Crippen LogP contribution is 2.45. The number of hydrogen-bond acceptors (Lipinski definition) is 8. The lowest BCUT2D eigenvalue weighted by Gasteiger charge is -2.32. The Balaban J connectivity index is 1.52. The number of fused-ring (bicyclic) bond motifs is 1. The summed E-state index contributed by atoms with van der Waals surface area (Å²) in [6.07, 6.45) is 12.3. The number of rotatable bonds is 6. The van der Waals surface area contributed by atoms with E-state index in [2.05, 4.69) is 6.58 Å². The number of ether oxygens (including phenoxy) is 5. The van der Waals surface area contributed by atoms with Crippen molar-refractivity contribution in [3.8, 4) is 0 Å². The molecule has 170 valence electrons. The summed E-state index contributed by atoms with van der Waals surface area (Å²) in [7, 11) is 5.34. The van der Waals surface area contributed by atoms with Crippen LogP contribution in [0.1, 0.15) is 32.6 Å². The van der Waals surface area contributed by atoms with Gasteiger partial charge in [0, 0.05) is 5.57 Å². The maximum Gasteiger partial charge on any atom is 0.255 e. The van der Waals surface area contributed by atoms with Crippen LogP contribution < -0.4 is 11.5 Å². The van der Waals surface area contributed by atoms with Crippen molar-refractivity contribution in [1.29, 1.82) is 0 Å². The number of hydrogen-bond donors (Lipinski definition) is 2. The quantitative estimate of drug-likeness (QED) is 0.477. The molecule has 32 heavy (non-hydrogen) atoms. The molecule has 3 heterocycles. The van der Waals surface area contributed by atoms with Crippen molar-refractivity contribution in [3.63, 3.8) is 0 Å². The van der Waals surface area contributed by atoms with Crippen LogP contribution in [-0.4, -0.2) is 56.1 Å². The third-order valence-electron chi connectivity index (χ3n) is 6.16. The normalized spacial score (nSPS) is 41.7. The molecule has 0 aromatic rings. The van der Waals surface area contributed by atoms with E-state index in [1.54, 1.807) is 6.08 Å². The molecular weight excluding hydrogens is 411 g/mol. The van der Waals surface area contributed by atoms with E-state index >= 15 is 0 Å². The lowest BCUT2D eigenvalue weighted by atomic mass is 9.98. The van der Waals surface area contributed by atoms with Crippen molar-refractivity contribution in [2.45, 2.75) is 74.9 Å². The van der Waals surface area contributed by atoms with Crippen LogP contribution in [0.3, 0.4) is 0 Å². The summed E-state index contributed by atoms with van der Waals surface area (Å²) in [6, 6.07) is 0. The molecule has 4 rings (SSSR count). The second-order valence-corrected chi connectivity index (χ2v) is 8.31.